The van der Waals surface area contributed by atoms with Gasteiger partial charge in [-0.05, 0) is 31.4 Å². The van der Waals surface area contributed by atoms with Gasteiger partial charge in [0.2, 0.25) is 17.6 Å². The zero-order valence-corrected chi connectivity index (χ0v) is 13.4. The van der Waals surface area contributed by atoms with Gasteiger partial charge in [-0.1, -0.05) is 5.16 Å². The molecule has 0 spiro atoms. The van der Waals surface area contributed by atoms with Gasteiger partial charge in [0.1, 0.15) is 0 Å². The van der Waals surface area contributed by atoms with Gasteiger partial charge in [0.15, 0.2) is 0 Å². The molecule has 0 aromatic carbocycles. The Morgan fingerprint density at radius 2 is 2.33 bits per heavy atom. The summed E-state index contributed by atoms with van der Waals surface area (Å²) >= 11 is 0. The molecule has 2 aliphatic rings. The molecule has 0 radical (unpaired) electrons. The molecule has 1 aliphatic heterocycles. The third kappa shape index (κ3) is 3.03. The molecule has 0 N–H and O–H groups in total. The number of morpholine rings is 1. The SMILES string of the molecule is O=C(CCc1nc(-c2cccnc2)no1)N1CCO[C@H]2CCC[C@H]21. The van der Waals surface area contributed by atoms with Crippen LogP contribution in [0.2, 0.25) is 0 Å². The van der Waals surface area contributed by atoms with Gasteiger partial charge in [-0.2, -0.15) is 4.98 Å². The summed E-state index contributed by atoms with van der Waals surface area (Å²) in [5, 5.41) is 3.96. The van der Waals surface area contributed by atoms with E-state index in [2.05, 4.69) is 15.1 Å². The third-order valence-corrected chi connectivity index (χ3v) is 4.74. The number of hydrogen-bond acceptors (Lipinski definition) is 6. The summed E-state index contributed by atoms with van der Waals surface area (Å²) in [6, 6.07) is 3.95. The van der Waals surface area contributed by atoms with Crippen molar-refractivity contribution in [2.24, 2.45) is 0 Å². The number of carbonyl (C=O) groups is 1. The van der Waals surface area contributed by atoms with E-state index in [1.54, 1.807) is 12.4 Å². The Morgan fingerprint density at radius 1 is 1.38 bits per heavy atom. The topological polar surface area (TPSA) is 81.3 Å². The van der Waals surface area contributed by atoms with Crippen molar-refractivity contribution in [1.29, 1.82) is 0 Å². The van der Waals surface area contributed by atoms with E-state index in [4.69, 9.17) is 9.26 Å². The maximum absolute atomic E-state index is 12.6. The molecular weight excluding hydrogens is 308 g/mol. The Balaban J connectivity index is 1.37. The van der Waals surface area contributed by atoms with Gasteiger partial charge in [-0.15, -0.1) is 0 Å². The Labute approximate surface area is 140 Å². The minimum absolute atomic E-state index is 0.149. The second-order valence-corrected chi connectivity index (χ2v) is 6.25. The van der Waals surface area contributed by atoms with Crippen molar-refractivity contribution in [2.75, 3.05) is 13.2 Å². The first-order chi connectivity index (χ1) is 11.8. The fourth-order valence-electron chi connectivity index (χ4n) is 3.56. The number of hydrogen-bond donors (Lipinski definition) is 0. The van der Waals surface area contributed by atoms with Crippen LogP contribution >= 0.6 is 0 Å². The number of rotatable bonds is 4. The lowest BCUT2D eigenvalue weighted by molar-refractivity contribution is -0.144. The molecule has 0 unspecified atom stereocenters. The van der Waals surface area contributed by atoms with Crippen molar-refractivity contribution in [3.05, 3.63) is 30.4 Å². The van der Waals surface area contributed by atoms with Crippen LogP contribution in [-0.4, -0.2) is 51.2 Å². The number of amides is 1. The summed E-state index contributed by atoms with van der Waals surface area (Å²) in [5.74, 6) is 1.14. The monoisotopic (exact) mass is 328 g/mol. The Hall–Kier alpha value is -2.28. The average molecular weight is 328 g/mol. The molecule has 1 saturated carbocycles. The lowest BCUT2D eigenvalue weighted by Gasteiger charge is -2.37. The van der Waals surface area contributed by atoms with Crippen molar-refractivity contribution in [3.8, 4) is 11.4 Å². The maximum atomic E-state index is 12.6. The fraction of sp³-hybridized carbons (Fsp3) is 0.529. The molecule has 3 heterocycles. The van der Waals surface area contributed by atoms with E-state index in [9.17, 15) is 4.79 Å². The van der Waals surface area contributed by atoms with E-state index in [0.29, 0.717) is 37.7 Å². The average Bonchev–Trinajstić information content (AvgIpc) is 3.29. The Morgan fingerprint density at radius 3 is 3.21 bits per heavy atom. The fourth-order valence-corrected chi connectivity index (χ4v) is 3.56. The summed E-state index contributed by atoms with van der Waals surface area (Å²) in [6.07, 6.45) is 7.70. The molecule has 0 bridgehead atoms. The molecule has 2 fully saturated rings. The van der Waals surface area contributed by atoms with Crippen LogP contribution in [0.3, 0.4) is 0 Å². The molecule has 24 heavy (non-hydrogen) atoms. The Bertz CT molecular complexity index is 703. The van der Waals surface area contributed by atoms with Crippen LogP contribution in [-0.2, 0) is 16.0 Å². The zero-order valence-electron chi connectivity index (χ0n) is 13.4. The van der Waals surface area contributed by atoms with Crippen molar-refractivity contribution < 1.29 is 14.1 Å². The minimum Gasteiger partial charge on any atom is -0.374 e. The van der Waals surface area contributed by atoms with Gasteiger partial charge in [0.05, 0.1) is 18.8 Å². The summed E-state index contributed by atoms with van der Waals surface area (Å²) < 4.78 is 11.0. The van der Waals surface area contributed by atoms with Crippen LogP contribution in [0.5, 0.6) is 0 Å². The molecule has 2 aromatic rings. The molecule has 7 nitrogen and oxygen atoms in total. The maximum Gasteiger partial charge on any atom is 0.227 e. The third-order valence-electron chi connectivity index (χ3n) is 4.74. The molecule has 4 rings (SSSR count). The molecule has 1 saturated heterocycles. The van der Waals surface area contributed by atoms with Crippen molar-refractivity contribution in [3.63, 3.8) is 0 Å². The lowest BCUT2D eigenvalue weighted by Crippen LogP contribution is -2.51. The second-order valence-electron chi connectivity index (χ2n) is 6.25. The van der Waals surface area contributed by atoms with Crippen molar-refractivity contribution in [1.82, 2.24) is 20.0 Å². The van der Waals surface area contributed by atoms with Crippen LogP contribution in [0.25, 0.3) is 11.4 Å². The van der Waals surface area contributed by atoms with Crippen LogP contribution < -0.4 is 0 Å². The molecular formula is C17H20N4O3. The molecule has 2 aromatic heterocycles. The zero-order chi connectivity index (χ0) is 16.4. The van der Waals surface area contributed by atoms with Gasteiger partial charge < -0.3 is 14.2 Å². The van der Waals surface area contributed by atoms with E-state index in [0.717, 1.165) is 24.8 Å². The van der Waals surface area contributed by atoms with E-state index in [1.165, 1.54) is 0 Å². The highest BCUT2D eigenvalue weighted by Crippen LogP contribution is 2.30. The molecule has 7 heteroatoms. The normalized spacial score (nSPS) is 23.2. The predicted molar refractivity (Wildman–Crippen MR) is 84.9 cm³/mol. The first-order valence-corrected chi connectivity index (χ1v) is 8.45. The van der Waals surface area contributed by atoms with Crippen LogP contribution in [0.1, 0.15) is 31.6 Å². The lowest BCUT2D eigenvalue weighted by atomic mass is 10.1. The van der Waals surface area contributed by atoms with Crippen LogP contribution in [0, 0.1) is 0 Å². The predicted octanol–water partition coefficient (Wildman–Crippen LogP) is 1.84. The van der Waals surface area contributed by atoms with E-state index >= 15 is 0 Å². The Kier molecular flexibility index (Phi) is 4.25. The number of aryl methyl sites for hydroxylation is 1. The second kappa shape index (κ2) is 6.68. The highest BCUT2D eigenvalue weighted by atomic mass is 16.5. The van der Waals surface area contributed by atoms with Gasteiger partial charge >= 0.3 is 0 Å². The number of carbonyl (C=O) groups excluding carboxylic acids is 1. The number of fused-ring (bicyclic) bond motifs is 1. The number of aromatic nitrogens is 3. The van der Waals surface area contributed by atoms with Gasteiger partial charge in [0.25, 0.3) is 0 Å². The quantitative estimate of drug-likeness (QED) is 0.852. The van der Waals surface area contributed by atoms with Crippen LogP contribution in [0.15, 0.2) is 29.0 Å². The van der Waals surface area contributed by atoms with Gasteiger partial charge in [-0.25, -0.2) is 0 Å². The largest absolute Gasteiger partial charge is 0.374 e. The summed E-state index contributed by atoms with van der Waals surface area (Å²) in [7, 11) is 0. The molecule has 126 valence electrons. The molecule has 1 aliphatic carbocycles. The van der Waals surface area contributed by atoms with Crippen molar-refractivity contribution >= 4 is 5.91 Å². The highest BCUT2D eigenvalue weighted by Gasteiger charge is 2.38. The number of pyridine rings is 1. The molecule has 2 atom stereocenters. The van der Waals surface area contributed by atoms with E-state index in [-0.39, 0.29) is 18.1 Å². The summed E-state index contributed by atoms with van der Waals surface area (Å²) in [6.45, 7) is 1.32. The van der Waals surface area contributed by atoms with Gasteiger partial charge in [0, 0.05) is 37.3 Å². The summed E-state index contributed by atoms with van der Waals surface area (Å²) in [5.41, 5.74) is 0.806. The molecule has 1 amide bonds. The minimum atomic E-state index is 0.149. The van der Waals surface area contributed by atoms with Gasteiger partial charge in [-0.3, -0.25) is 9.78 Å². The smallest absolute Gasteiger partial charge is 0.227 e. The first kappa shape index (κ1) is 15.3. The van der Waals surface area contributed by atoms with E-state index in [1.807, 2.05) is 17.0 Å². The number of nitrogens with zero attached hydrogens (tertiary/aromatic N) is 4. The number of ether oxygens (including phenoxy) is 1. The van der Waals surface area contributed by atoms with E-state index < -0.39 is 0 Å². The standard InChI is InChI=1S/C17H20N4O3/c22-16(21-9-10-23-14-5-1-4-13(14)21)7-6-15-19-17(20-24-15)12-3-2-8-18-11-12/h2-3,8,11,13-14H,1,4-7,9-10H2/t13-,14+/m1/s1. The highest BCUT2D eigenvalue weighted by molar-refractivity contribution is 5.77. The first-order valence-electron chi connectivity index (χ1n) is 8.45. The van der Waals surface area contributed by atoms with Crippen molar-refractivity contribution in [2.45, 2.75) is 44.2 Å². The summed E-state index contributed by atoms with van der Waals surface area (Å²) in [4.78, 5) is 22.9. The van der Waals surface area contributed by atoms with Crippen LogP contribution in [0.4, 0.5) is 0 Å².